The minimum absolute atomic E-state index is 0.440. The van der Waals surface area contributed by atoms with Gasteiger partial charge in [0, 0.05) is 20.3 Å². The van der Waals surface area contributed by atoms with Gasteiger partial charge in [0.05, 0.1) is 13.2 Å². The molecule has 0 amide bonds. The summed E-state index contributed by atoms with van der Waals surface area (Å²) in [5.41, 5.74) is 0. The van der Waals surface area contributed by atoms with Crippen molar-refractivity contribution >= 4 is 11.6 Å². The maximum atomic E-state index is 5.76. The third-order valence-corrected chi connectivity index (χ3v) is 2.23. The van der Waals surface area contributed by atoms with Crippen molar-refractivity contribution in [3.8, 4) is 0 Å². The molecule has 0 bridgehead atoms. The number of methoxy groups -OCH3 is 1. The Kier molecular flexibility index (Phi) is 6.31. The van der Waals surface area contributed by atoms with E-state index in [0.717, 1.165) is 26.0 Å². The highest BCUT2D eigenvalue weighted by molar-refractivity contribution is 6.28. The van der Waals surface area contributed by atoms with Crippen molar-refractivity contribution in [3.05, 3.63) is 11.6 Å². The van der Waals surface area contributed by atoms with Gasteiger partial charge in [-0.2, -0.15) is 0 Å². The molecule has 15 heavy (non-hydrogen) atoms. The summed E-state index contributed by atoms with van der Waals surface area (Å²) in [7, 11) is 1.66. The third kappa shape index (κ3) is 5.11. The summed E-state index contributed by atoms with van der Waals surface area (Å²) >= 11 is 5.76. The molecule has 5 nitrogen and oxygen atoms in total. The maximum absolute atomic E-state index is 5.76. The van der Waals surface area contributed by atoms with Gasteiger partial charge in [0.1, 0.15) is 6.33 Å². The first kappa shape index (κ1) is 12.4. The molecule has 1 heterocycles. The average Bonchev–Trinajstić information content (AvgIpc) is 2.63. The number of hydrogen-bond donors (Lipinski definition) is 0. The van der Waals surface area contributed by atoms with Crippen LogP contribution in [0.3, 0.4) is 0 Å². The molecule has 0 saturated carbocycles. The van der Waals surface area contributed by atoms with Crippen LogP contribution < -0.4 is 0 Å². The van der Waals surface area contributed by atoms with E-state index in [1.165, 1.54) is 0 Å². The van der Waals surface area contributed by atoms with Crippen LogP contribution in [0.1, 0.15) is 12.8 Å². The number of rotatable bonds is 8. The fourth-order valence-corrected chi connectivity index (χ4v) is 1.29. The van der Waals surface area contributed by atoms with Crippen LogP contribution in [0.15, 0.2) is 6.33 Å². The third-order valence-electron chi connectivity index (χ3n) is 1.94. The lowest BCUT2D eigenvalue weighted by atomic mass is 10.3. The molecule has 0 aliphatic heterocycles. The van der Waals surface area contributed by atoms with Crippen LogP contribution in [0, 0.1) is 0 Å². The zero-order chi connectivity index (χ0) is 10.9. The second kappa shape index (κ2) is 7.62. The SMILES string of the molecule is COCCOCCCCn1cnnc1Cl. The quantitative estimate of drug-likeness (QED) is 0.637. The number of aryl methyl sites for hydroxylation is 1. The molecule has 0 unspecified atom stereocenters. The van der Waals surface area contributed by atoms with Gasteiger partial charge in [-0.15, -0.1) is 10.2 Å². The van der Waals surface area contributed by atoms with Crippen LogP contribution in [0.2, 0.25) is 5.28 Å². The van der Waals surface area contributed by atoms with E-state index in [-0.39, 0.29) is 0 Å². The van der Waals surface area contributed by atoms with Gasteiger partial charge in [-0.3, -0.25) is 0 Å². The fourth-order valence-electron chi connectivity index (χ4n) is 1.12. The Bertz CT molecular complexity index is 268. The molecule has 6 heteroatoms. The lowest BCUT2D eigenvalue weighted by Gasteiger charge is -2.04. The number of aromatic nitrogens is 3. The Hall–Kier alpha value is -0.650. The van der Waals surface area contributed by atoms with E-state index in [2.05, 4.69) is 10.2 Å². The Morgan fingerprint density at radius 3 is 2.87 bits per heavy atom. The summed E-state index contributed by atoms with van der Waals surface area (Å²) in [5.74, 6) is 0. The smallest absolute Gasteiger partial charge is 0.224 e. The van der Waals surface area contributed by atoms with E-state index in [1.54, 1.807) is 13.4 Å². The maximum Gasteiger partial charge on any atom is 0.224 e. The Labute approximate surface area is 94.3 Å². The van der Waals surface area contributed by atoms with E-state index < -0.39 is 0 Å². The number of unbranched alkanes of at least 4 members (excludes halogenated alkanes) is 1. The lowest BCUT2D eigenvalue weighted by molar-refractivity contribution is 0.0684. The van der Waals surface area contributed by atoms with Crippen LogP contribution in [0.5, 0.6) is 0 Å². The molecule has 0 spiro atoms. The molecular formula is C9H16ClN3O2. The first-order valence-corrected chi connectivity index (χ1v) is 5.32. The van der Waals surface area contributed by atoms with Crippen molar-refractivity contribution in [1.82, 2.24) is 14.8 Å². The largest absolute Gasteiger partial charge is 0.382 e. The summed E-state index contributed by atoms with van der Waals surface area (Å²) < 4.78 is 12.0. The van der Waals surface area contributed by atoms with E-state index in [9.17, 15) is 0 Å². The summed E-state index contributed by atoms with van der Waals surface area (Å²) in [5, 5.41) is 7.82. The second-order valence-electron chi connectivity index (χ2n) is 3.11. The van der Waals surface area contributed by atoms with Crippen molar-refractivity contribution < 1.29 is 9.47 Å². The molecule has 0 atom stereocenters. The van der Waals surface area contributed by atoms with Crippen LogP contribution in [0.25, 0.3) is 0 Å². The van der Waals surface area contributed by atoms with Crippen molar-refractivity contribution in [3.63, 3.8) is 0 Å². The van der Waals surface area contributed by atoms with Crippen molar-refractivity contribution in [2.75, 3.05) is 26.9 Å². The van der Waals surface area contributed by atoms with Crippen molar-refractivity contribution in [2.45, 2.75) is 19.4 Å². The van der Waals surface area contributed by atoms with Gasteiger partial charge in [0.15, 0.2) is 0 Å². The predicted octanol–water partition coefficient (Wildman–Crippen LogP) is 1.37. The van der Waals surface area contributed by atoms with Gasteiger partial charge in [-0.25, -0.2) is 0 Å². The number of ether oxygens (including phenoxy) is 2. The molecule has 0 N–H and O–H groups in total. The second-order valence-corrected chi connectivity index (χ2v) is 3.44. The lowest BCUT2D eigenvalue weighted by Crippen LogP contribution is -2.04. The number of halogens is 1. The molecule has 86 valence electrons. The van der Waals surface area contributed by atoms with Crippen molar-refractivity contribution in [1.29, 1.82) is 0 Å². The number of hydrogen-bond acceptors (Lipinski definition) is 4. The van der Waals surface area contributed by atoms with Gasteiger partial charge in [-0.05, 0) is 24.4 Å². The summed E-state index contributed by atoms with van der Waals surface area (Å²) in [6.45, 7) is 2.89. The van der Waals surface area contributed by atoms with Gasteiger partial charge >= 0.3 is 0 Å². The molecule has 0 fully saturated rings. The van der Waals surface area contributed by atoms with E-state index in [0.29, 0.717) is 18.5 Å². The molecule has 1 aromatic heterocycles. The van der Waals surface area contributed by atoms with E-state index >= 15 is 0 Å². The van der Waals surface area contributed by atoms with Crippen molar-refractivity contribution in [2.24, 2.45) is 0 Å². The Morgan fingerprint density at radius 2 is 2.20 bits per heavy atom. The molecule has 1 rings (SSSR count). The molecule has 0 aliphatic carbocycles. The van der Waals surface area contributed by atoms with Crippen LogP contribution >= 0.6 is 11.6 Å². The topological polar surface area (TPSA) is 49.2 Å². The van der Waals surface area contributed by atoms with Gasteiger partial charge in [0.2, 0.25) is 5.28 Å². The molecule has 0 radical (unpaired) electrons. The zero-order valence-electron chi connectivity index (χ0n) is 8.86. The van der Waals surface area contributed by atoms with Crippen LogP contribution in [-0.4, -0.2) is 41.7 Å². The first-order valence-electron chi connectivity index (χ1n) is 4.94. The Balaban J connectivity index is 1.96. The number of nitrogens with zero attached hydrogens (tertiary/aromatic N) is 3. The minimum atomic E-state index is 0.440. The fraction of sp³-hybridized carbons (Fsp3) is 0.778. The van der Waals surface area contributed by atoms with E-state index in [1.807, 2.05) is 4.57 Å². The van der Waals surface area contributed by atoms with Gasteiger partial charge < -0.3 is 14.0 Å². The summed E-state index contributed by atoms with van der Waals surface area (Å²) in [4.78, 5) is 0. The predicted molar refractivity (Wildman–Crippen MR) is 57.0 cm³/mol. The van der Waals surface area contributed by atoms with Gasteiger partial charge in [0.25, 0.3) is 0 Å². The molecule has 0 saturated heterocycles. The van der Waals surface area contributed by atoms with Crippen LogP contribution in [-0.2, 0) is 16.0 Å². The van der Waals surface area contributed by atoms with Gasteiger partial charge in [-0.1, -0.05) is 0 Å². The highest BCUT2D eigenvalue weighted by Gasteiger charge is 1.98. The minimum Gasteiger partial charge on any atom is -0.382 e. The van der Waals surface area contributed by atoms with Crippen LogP contribution in [0.4, 0.5) is 0 Å². The Morgan fingerprint density at radius 1 is 1.33 bits per heavy atom. The summed E-state index contributed by atoms with van der Waals surface area (Å²) in [6.07, 6.45) is 3.64. The molecular weight excluding hydrogens is 218 g/mol. The highest BCUT2D eigenvalue weighted by atomic mass is 35.5. The molecule has 0 aliphatic rings. The molecule has 1 aromatic rings. The first-order chi connectivity index (χ1) is 7.34. The summed E-state index contributed by atoms with van der Waals surface area (Å²) in [6, 6.07) is 0. The van der Waals surface area contributed by atoms with E-state index in [4.69, 9.17) is 21.1 Å². The highest BCUT2D eigenvalue weighted by Crippen LogP contribution is 2.04. The normalized spacial score (nSPS) is 10.8. The monoisotopic (exact) mass is 233 g/mol. The standard InChI is InChI=1S/C9H16ClN3O2/c1-14-6-7-15-5-3-2-4-13-8-11-12-9(13)10/h8H,2-7H2,1H3. The molecule has 0 aromatic carbocycles. The average molecular weight is 234 g/mol. The zero-order valence-corrected chi connectivity index (χ0v) is 9.61.